The zero-order chi connectivity index (χ0) is 12.3. The highest BCUT2D eigenvalue weighted by Gasteiger charge is 2.35. The first-order chi connectivity index (χ1) is 8.14. The molecule has 0 radical (unpaired) electrons. The van der Waals surface area contributed by atoms with E-state index in [2.05, 4.69) is 13.5 Å². The number of rotatable bonds is 3. The first-order valence-corrected chi connectivity index (χ1v) is 6.10. The molecule has 0 aliphatic carbocycles. The minimum absolute atomic E-state index is 0.151. The lowest BCUT2D eigenvalue weighted by molar-refractivity contribution is 0.0776. The quantitative estimate of drug-likeness (QED) is 0.729. The zero-order valence-electron chi connectivity index (χ0n) is 10.4. The number of allylic oxidation sites excluding steroid dienone is 1. The van der Waals surface area contributed by atoms with Gasteiger partial charge in [-0.1, -0.05) is 31.2 Å². The van der Waals surface area contributed by atoms with Crippen LogP contribution in [-0.4, -0.2) is 23.9 Å². The van der Waals surface area contributed by atoms with Gasteiger partial charge in [-0.15, -0.1) is 6.58 Å². The number of hydrogen-bond donors (Lipinski definition) is 0. The molecular weight excluding hydrogens is 210 g/mol. The van der Waals surface area contributed by atoms with Gasteiger partial charge in [-0.3, -0.25) is 4.79 Å². The lowest BCUT2D eigenvalue weighted by Crippen LogP contribution is -2.30. The fraction of sp³-hybridized carbons (Fsp3) is 0.400. The molecule has 1 aliphatic rings. The van der Waals surface area contributed by atoms with Gasteiger partial charge in [0.15, 0.2) is 0 Å². The summed E-state index contributed by atoms with van der Waals surface area (Å²) >= 11 is 0. The monoisotopic (exact) mass is 229 g/mol. The summed E-state index contributed by atoms with van der Waals surface area (Å²) in [5.74, 6) is 0.151. The van der Waals surface area contributed by atoms with Crippen LogP contribution in [0.15, 0.2) is 43.0 Å². The molecular formula is C15H19NO. The third-order valence-electron chi connectivity index (χ3n) is 3.50. The highest BCUT2D eigenvalue weighted by Crippen LogP contribution is 2.34. The normalized spacial score (nSPS) is 23.7. The molecule has 2 heteroatoms. The molecule has 90 valence electrons. The molecule has 1 amide bonds. The Morgan fingerprint density at radius 3 is 2.82 bits per heavy atom. The summed E-state index contributed by atoms with van der Waals surface area (Å²) in [5.41, 5.74) is 1.00. The van der Waals surface area contributed by atoms with Gasteiger partial charge in [0, 0.05) is 18.7 Å². The summed E-state index contributed by atoms with van der Waals surface area (Å²) in [7, 11) is 0. The van der Waals surface area contributed by atoms with E-state index in [0.29, 0.717) is 0 Å². The second-order valence-electron chi connectivity index (χ2n) is 5.15. The minimum atomic E-state index is 0.151. The van der Waals surface area contributed by atoms with Crippen molar-refractivity contribution in [2.75, 3.05) is 13.1 Å². The van der Waals surface area contributed by atoms with Crippen LogP contribution in [0.1, 0.15) is 30.1 Å². The first kappa shape index (κ1) is 11.9. The van der Waals surface area contributed by atoms with E-state index in [9.17, 15) is 4.79 Å². The van der Waals surface area contributed by atoms with Gasteiger partial charge in [0.1, 0.15) is 0 Å². The number of benzene rings is 1. The Bertz CT molecular complexity index is 412. The van der Waals surface area contributed by atoms with E-state index < -0.39 is 0 Å². The van der Waals surface area contributed by atoms with Crippen molar-refractivity contribution < 1.29 is 4.79 Å². The number of amides is 1. The molecule has 0 bridgehead atoms. The van der Waals surface area contributed by atoms with Gasteiger partial charge >= 0.3 is 0 Å². The third kappa shape index (κ3) is 2.57. The van der Waals surface area contributed by atoms with Gasteiger partial charge in [0.05, 0.1) is 0 Å². The van der Waals surface area contributed by atoms with Gasteiger partial charge < -0.3 is 4.90 Å². The maximum atomic E-state index is 12.2. The van der Waals surface area contributed by atoms with E-state index in [1.54, 1.807) is 0 Å². The number of hydrogen-bond acceptors (Lipinski definition) is 1. The SMILES string of the molecule is C=CCC1(C)CCN(C(=O)c2ccccc2)C1. The molecule has 0 saturated carbocycles. The first-order valence-electron chi connectivity index (χ1n) is 6.10. The molecule has 0 aromatic heterocycles. The Balaban J connectivity index is 2.06. The van der Waals surface area contributed by atoms with E-state index >= 15 is 0 Å². The summed E-state index contributed by atoms with van der Waals surface area (Å²) in [6.45, 7) is 7.72. The molecule has 0 spiro atoms. The molecule has 1 aromatic rings. The third-order valence-corrected chi connectivity index (χ3v) is 3.50. The number of nitrogens with zero attached hydrogens (tertiary/aromatic N) is 1. The van der Waals surface area contributed by atoms with E-state index in [0.717, 1.165) is 31.5 Å². The van der Waals surface area contributed by atoms with Crippen molar-refractivity contribution in [3.05, 3.63) is 48.6 Å². The largest absolute Gasteiger partial charge is 0.338 e. The van der Waals surface area contributed by atoms with Crippen molar-refractivity contribution in [1.29, 1.82) is 0 Å². The van der Waals surface area contributed by atoms with E-state index in [-0.39, 0.29) is 11.3 Å². The second-order valence-corrected chi connectivity index (χ2v) is 5.15. The van der Waals surface area contributed by atoms with Crippen molar-refractivity contribution in [3.63, 3.8) is 0 Å². The van der Waals surface area contributed by atoms with Crippen molar-refractivity contribution in [2.45, 2.75) is 19.8 Å². The Hall–Kier alpha value is -1.57. The summed E-state index contributed by atoms with van der Waals surface area (Å²) < 4.78 is 0. The van der Waals surface area contributed by atoms with Crippen molar-refractivity contribution in [1.82, 2.24) is 4.90 Å². The van der Waals surface area contributed by atoms with Crippen LogP contribution in [0.3, 0.4) is 0 Å². The van der Waals surface area contributed by atoms with Crippen LogP contribution >= 0.6 is 0 Å². The van der Waals surface area contributed by atoms with Crippen molar-refractivity contribution in [2.24, 2.45) is 5.41 Å². The lowest BCUT2D eigenvalue weighted by Gasteiger charge is -2.23. The van der Waals surface area contributed by atoms with Crippen LogP contribution in [0.4, 0.5) is 0 Å². The predicted molar refractivity (Wildman–Crippen MR) is 69.9 cm³/mol. The lowest BCUT2D eigenvalue weighted by atomic mass is 9.86. The Morgan fingerprint density at radius 2 is 2.18 bits per heavy atom. The fourth-order valence-corrected chi connectivity index (χ4v) is 2.48. The van der Waals surface area contributed by atoms with Gasteiger partial charge in [-0.2, -0.15) is 0 Å². The van der Waals surface area contributed by atoms with E-state index in [4.69, 9.17) is 0 Å². The van der Waals surface area contributed by atoms with Crippen LogP contribution < -0.4 is 0 Å². The van der Waals surface area contributed by atoms with Crippen LogP contribution in [0, 0.1) is 5.41 Å². The predicted octanol–water partition coefficient (Wildman–Crippen LogP) is 3.11. The minimum Gasteiger partial charge on any atom is -0.338 e. The maximum absolute atomic E-state index is 12.2. The second kappa shape index (κ2) is 4.74. The Labute approximate surface area is 103 Å². The Morgan fingerprint density at radius 1 is 1.47 bits per heavy atom. The van der Waals surface area contributed by atoms with Gasteiger partial charge in [-0.05, 0) is 30.4 Å². The van der Waals surface area contributed by atoms with Crippen LogP contribution in [-0.2, 0) is 0 Å². The highest BCUT2D eigenvalue weighted by molar-refractivity contribution is 5.94. The van der Waals surface area contributed by atoms with E-state index in [1.165, 1.54) is 0 Å². The van der Waals surface area contributed by atoms with Gasteiger partial charge in [0.2, 0.25) is 0 Å². The average molecular weight is 229 g/mol. The standard InChI is InChI=1S/C15H19NO/c1-3-9-15(2)10-11-16(12-15)14(17)13-7-5-4-6-8-13/h3-8H,1,9-12H2,2H3. The molecule has 17 heavy (non-hydrogen) atoms. The molecule has 1 unspecified atom stereocenters. The molecule has 1 saturated heterocycles. The number of carbonyl (C=O) groups is 1. The maximum Gasteiger partial charge on any atom is 0.253 e. The molecule has 1 atom stereocenters. The summed E-state index contributed by atoms with van der Waals surface area (Å²) in [4.78, 5) is 14.2. The molecule has 1 heterocycles. The average Bonchev–Trinajstić information content (AvgIpc) is 2.72. The van der Waals surface area contributed by atoms with Crippen molar-refractivity contribution >= 4 is 5.91 Å². The summed E-state index contributed by atoms with van der Waals surface area (Å²) in [6.07, 6.45) is 4.00. The molecule has 0 N–H and O–H groups in total. The molecule has 1 fully saturated rings. The molecule has 1 aromatic carbocycles. The molecule has 2 rings (SSSR count). The molecule has 2 nitrogen and oxygen atoms in total. The van der Waals surface area contributed by atoms with Crippen LogP contribution in [0.25, 0.3) is 0 Å². The van der Waals surface area contributed by atoms with Crippen LogP contribution in [0.5, 0.6) is 0 Å². The van der Waals surface area contributed by atoms with Crippen molar-refractivity contribution in [3.8, 4) is 0 Å². The van der Waals surface area contributed by atoms with E-state index in [1.807, 2.05) is 41.3 Å². The summed E-state index contributed by atoms with van der Waals surface area (Å²) in [6, 6.07) is 9.51. The van der Waals surface area contributed by atoms with Gasteiger partial charge in [0.25, 0.3) is 5.91 Å². The zero-order valence-corrected chi connectivity index (χ0v) is 10.4. The van der Waals surface area contributed by atoms with Gasteiger partial charge in [-0.25, -0.2) is 0 Å². The highest BCUT2D eigenvalue weighted by atomic mass is 16.2. The van der Waals surface area contributed by atoms with Crippen LogP contribution in [0.2, 0.25) is 0 Å². The smallest absolute Gasteiger partial charge is 0.253 e. The number of likely N-dealkylation sites (tertiary alicyclic amines) is 1. The fourth-order valence-electron chi connectivity index (χ4n) is 2.48. The summed E-state index contributed by atoms with van der Waals surface area (Å²) in [5, 5.41) is 0. The topological polar surface area (TPSA) is 20.3 Å². The molecule has 1 aliphatic heterocycles. The Kier molecular flexibility index (Phi) is 3.32. The number of carbonyl (C=O) groups excluding carboxylic acids is 1.